The number of allylic oxidation sites excluding steroid dienone is 1. The lowest BCUT2D eigenvalue weighted by molar-refractivity contribution is 0.0965. The van der Waals surface area contributed by atoms with E-state index < -0.39 is 53.1 Å². The lowest BCUT2D eigenvalue weighted by atomic mass is 9.76. The number of carbonyl (C=O) groups is 2. The van der Waals surface area contributed by atoms with Gasteiger partial charge in [0, 0.05) is 22.9 Å². The Balaban J connectivity index is 2.01. The van der Waals surface area contributed by atoms with Crippen molar-refractivity contribution in [2.45, 2.75) is 48.3 Å². The van der Waals surface area contributed by atoms with Crippen molar-refractivity contribution in [1.29, 1.82) is 0 Å². The second-order valence-corrected chi connectivity index (χ2v) is 11.4. The molecule has 10 nitrogen and oxygen atoms in total. The quantitative estimate of drug-likeness (QED) is 0.452. The zero-order valence-electron chi connectivity index (χ0n) is 16.8. The van der Waals surface area contributed by atoms with Crippen molar-refractivity contribution < 1.29 is 35.5 Å². The highest BCUT2D eigenvalue weighted by Crippen LogP contribution is 2.43. The van der Waals surface area contributed by atoms with E-state index in [1.807, 2.05) is 0 Å². The molecule has 0 bridgehead atoms. The zero-order valence-corrected chi connectivity index (χ0v) is 18.4. The van der Waals surface area contributed by atoms with Crippen LogP contribution in [0.3, 0.4) is 0 Å². The van der Waals surface area contributed by atoms with E-state index in [1.165, 1.54) is 24.3 Å². The van der Waals surface area contributed by atoms with Crippen molar-refractivity contribution in [3.05, 3.63) is 58.3 Å². The number of nitrogens with two attached hydrogens (primary N) is 1. The van der Waals surface area contributed by atoms with Gasteiger partial charge in [-0.1, -0.05) is 43.5 Å². The van der Waals surface area contributed by atoms with Crippen LogP contribution in [0.25, 0.3) is 0 Å². The first kappa shape index (κ1) is 22.8. The first-order valence-corrected chi connectivity index (χ1v) is 13.0. The van der Waals surface area contributed by atoms with Gasteiger partial charge in [0.05, 0.1) is 11.1 Å². The average molecular weight is 483 g/mol. The maximum Gasteiger partial charge on any atom is 0.290 e. The molecule has 1 fully saturated rings. The average Bonchev–Trinajstić information content (AvgIpc) is 2.72. The van der Waals surface area contributed by atoms with Crippen molar-refractivity contribution in [1.82, 2.24) is 5.32 Å². The van der Waals surface area contributed by atoms with E-state index in [0.717, 1.165) is 25.3 Å². The molecule has 0 heterocycles. The monoisotopic (exact) mass is 482 g/mol. The van der Waals surface area contributed by atoms with Gasteiger partial charge in [-0.3, -0.25) is 18.7 Å². The Kier molecular flexibility index (Phi) is 5.41. The Bertz CT molecular complexity index is 1290. The second-order valence-electron chi connectivity index (χ2n) is 8.22. The van der Waals surface area contributed by atoms with Crippen LogP contribution in [0.15, 0.2) is 47.2 Å². The molecule has 3 aliphatic carbocycles. The zero-order chi connectivity index (χ0) is 23.5. The molecule has 1 saturated carbocycles. The summed E-state index contributed by atoms with van der Waals surface area (Å²) in [5, 5.41) is 0.633. The topological polar surface area (TPSA) is 181 Å². The Morgan fingerprint density at radius 2 is 1.50 bits per heavy atom. The molecule has 172 valence electrons. The number of rotatable bonds is 4. The number of carbonyl (C=O) groups excluding carboxylic acids is 2. The summed E-state index contributed by atoms with van der Waals surface area (Å²) in [6, 6.07) is 5.47. The van der Waals surface area contributed by atoms with Gasteiger partial charge >= 0.3 is 0 Å². The van der Waals surface area contributed by atoms with Gasteiger partial charge in [0.1, 0.15) is 5.25 Å². The number of nitrogens with one attached hydrogen (secondary N) is 1. The van der Waals surface area contributed by atoms with Gasteiger partial charge in [0.2, 0.25) is 0 Å². The van der Waals surface area contributed by atoms with Crippen molar-refractivity contribution >= 4 is 31.8 Å². The van der Waals surface area contributed by atoms with Crippen LogP contribution >= 0.6 is 0 Å². The van der Waals surface area contributed by atoms with Gasteiger partial charge in [0.25, 0.3) is 20.2 Å². The highest BCUT2D eigenvalue weighted by atomic mass is 32.2. The molecular weight excluding hydrogens is 460 g/mol. The summed E-state index contributed by atoms with van der Waals surface area (Å²) < 4.78 is 69.0. The molecule has 2 unspecified atom stereocenters. The third-order valence-electron chi connectivity index (χ3n) is 6.23. The van der Waals surface area contributed by atoms with E-state index in [4.69, 9.17) is 5.73 Å². The van der Waals surface area contributed by atoms with Gasteiger partial charge in [0.15, 0.2) is 16.4 Å². The van der Waals surface area contributed by atoms with Crippen molar-refractivity contribution in [2.75, 3.05) is 0 Å². The standard InChI is InChI=1S/C20H22N2O8S2/c21-20(32(28,29)30)15(31(25,26)27)10-14(22-11-6-2-1-3-7-11)16-17(20)19(24)13-9-5-4-8-12(13)18(16)23/h4-5,8-11,15,22H,1-3,6-7,21H2,(H,25,26,27)(H,28,29,30). The molecule has 1 aromatic rings. The predicted octanol–water partition coefficient (Wildman–Crippen LogP) is 0.981. The van der Waals surface area contributed by atoms with Crippen LogP contribution in [0.1, 0.15) is 52.8 Å². The maximum absolute atomic E-state index is 13.4. The molecule has 3 aliphatic rings. The predicted molar refractivity (Wildman–Crippen MR) is 114 cm³/mol. The van der Waals surface area contributed by atoms with E-state index in [-0.39, 0.29) is 22.9 Å². The highest BCUT2D eigenvalue weighted by Gasteiger charge is 2.61. The van der Waals surface area contributed by atoms with Gasteiger partial charge in [-0.2, -0.15) is 16.8 Å². The minimum Gasteiger partial charge on any atom is -0.382 e. The molecule has 0 spiro atoms. The first-order chi connectivity index (χ1) is 14.9. The summed E-state index contributed by atoms with van der Waals surface area (Å²) in [7, 11) is -10.7. The third kappa shape index (κ3) is 3.42. The van der Waals surface area contributed by atoms with Gasteiger partial charge in [-0.05, 0) is 18.9 Å². The molecule has 1 aromatic carbocycles. The van der Waals surface area contributed by atoms with Crippen LogP contribution < -0.4 is 11.1 Å². The Morgan fingerprint density at radius 1 is 0.938 bits per heavy atom. The summed E-state index contributed by atoms with van der Waals surface area (Å²) in [6.45, 7) is 0. The summed E-state index contributed by atoms with van der Waals surface area (Å²) >= 11 is 0. The van der Waals surface area contributed by atoms with E-state index >= 15 is 0 Å². The summed E-state index contributed by atoms with van der Waals surface area (Å²) in [4.78, 5) is 23.5. The molecule has 0 aliphatic heterocycles. The van der Waals surface area contributed by atoms with Gasteiger partial charge in [-0.25, -0.2) is 0 Å². The number of Topliss-reactive ketones (excluding diaryl/α,β-unsaturated/α-hetero) is 2. The van der Waals surface area contributed by atoms with E-state index in [0.29, 0.717) is 12.8 Å². The lowest BCUT2D eigenvalue weighted by Crippen LogP contribution is -2.64. The summed E-state index contributed by atoms with van der Waals surface area (Å²) in [5.41, 5.74) is 4.36. The van der Waals surface area contributed by atoms with Crippen LogP contribution in [0.4, 0.5) is 0 Å². The number of hydrogen-bond acceptors (Lipinski definition) is 8. The van der Waals surface area contributed by atoms with Crippen molar-refractivity contribution in [3.8, 4) is 0 Å². The fourth-order valence-corrected chi connectivity index (χ4v) is 7.09. The third-order valence-corrected chi connectivity index (χ3v) is 8.84. The number of hydrogen-bond donors (Lipinski definition) is 4. The van der Waals surface area contributed by atoms with Crippen molar-refractivity contribution in [3.63, 3.8) is 0 Å². The second kappa shape index (κ2) is 7.59. The smallest absolute Gasteiger partial charge is 0.290 e. The Labute approximate surface area is 185 Å². The summed E-state index contributed by atoms with van der Waals surface area (Å²) in [6.07, 6.45) is 5.01. The SMILES string of the molecule is NC1(S(=O)(=O)O)C2=C(C(=O)c3ccccc3C2=O)C(NC2CCCCC2)=CC1S(=O)(=O)O. The molecule has 0 saturated heterocycles. The molecule has 2 atom stereocenters. The number of benzene rings is 1. The molecule has 5 N–H and O–H groups in total. The maximum atomic E-state index is 13.4. The van der Waals surface area contributed by atoms with Gasteiger partial charge < -0.3 is 11.1 Å². The molecule has 0 amide bonds. The first-order valence-electron chi connectivity index (χ1n) is 10.0. The van der Waals surface area contributed by atoms with Crippen LogP contribution in [0.2, 0.25) is 0 Å². The molecular formula is C20H22N2O8S2. The Hall–Kier alpha value is -2.38. The van der Waals surface area contributed by atoms with E-state index in [2.05, 4.69) is 5.32 Å². The fraction of sp³-hybridized carbons (Fsp3) is 0.400. The molecule has 0 radical (unpaired) electrons. The number of fused-ring (bicyclic) bond motifs is 1. The largest absolute Gasteiger partial charge is 0.382 e. The normalized spacial score (nSPS) is 27.0. The molecule has 4 rings (SSSR count). The minimum absolute atomic E-state index is 0.00409. The van der Waals surface area contributed by atoms with Gasteiger partial charge in [-0.15, -0.1) is 0 Å². The number of ketones is 2. The Morgan fingerprint density at radius 3 is 2.03 bits per heavy atom. The highest BCUT2D eigenvalue weighted by molar-refractivity contribution is 7.91. The van der Waals surface area contributed by atoms with Crippen molar-refractivity contribution in [2.24, 2.45) is 5.73 Å². The van der Waals surface area contributed by atoms with Crippen LogP contribution in [-0.2, 0) is 20.2 Å². The van der Waals surface area contributed by atoms with E-state index in [9.17, 15) is 35.5 Å². The lowest BCUT2D eigenvalue weighted by Gasteiger charge is -2.40. The van der Waals surface area contributed by atoms with Crippen LogP contribution in [0.5, 0.6) is 0 Å². The minimum atomic E-state index is -5.51. The van der Waals surface area contributed by atoms with Crippen LogP contribution in [0, 0.1) is 0 Å². The molecule has 12 heteroatoms. The fourth-order valence-electron chi connectivity index (χ4n) is 4.68. The molecule has 32 heavy (non-hydrogen) atoms. The molecule has 0 aromatic heterocycles. The van der Waals surface area contributed by atoms with E-state index in [1.54, 1.807) is 0 Å². The summed E-state index contributed by atoms with van der Waals surface area (Å²) in [5.74, 6) is -1.75. The van der Waals surface area contributed by atoms with Crippen LogP contribution in [-0.4, -0.2) is 53.7 Å².